The third-order valence-corrected chi connectivity index (χ3v) is 4.51. The number of nitro groups is 1. The van der Waals surface area contributed by atoms with Crippen molar-refractivity contribution in [3.8, 4) is 0 Å². The number of nitro benzene ring substituents is 1. The van der Waals surface area contributed by atoms with Crippen molar-refractivity contribution in [1.29, 1.82) is 0 Å². The molecule has 1 aromatic heterocycles. The minimum atomic E-state index is -0.604. The molecule has 8 heteroatoms. The van der Waals surface area contributed by atoms with Crippen LogP contribution in [0.5, 0.6) is 0 Å². The van der Waals surface area contributed by atoms with Crippen LogP contribution in [0.25, 0.3) is 10.2 Å². The number of amides is 1. The van der Waals surface area contributed by atoms with Gasteiger partial charge in [0.1, 0.15) is 5.82 Å². The Hall–Kier alpha value is -2.87. The molecule has 3 rings (SSSR count). The second kappa shape index (κ2) is 6.32. The van der Waals surface area contributed by atoms with E-state index in [4.69, 9.17) is 0 Å². The molecule has 0 bridgehead atoms. The zero-order valence-electron chi connectivity index (χ0n) is 12.6. The summed E-state index contributed by atoms with van der Waals surface area (Å²) >= 11 is 1.20. The molecule has 2 aromatic carbocycles. The number of para-hydroxylation sites is 1. The van der Waals surface area contributed by atoms with E-state index < -0.39 is 10.8 Å². The third-order valence-electron chi connectivity index (χ3n) is 3.47. The number of non-ortho nitro benzene ring substituents is 1. The second-order valence-electron chi connectivity index (χ2n) is 4.94. The zero-order valence-corrected chi connectivity index (χ0v) is 13.4. The molecule has 0 saturated carbocycles. The molecule has 0 N–H and O–H groups in total. The van der Waals surface area contributed by atoms with Gasteiger partial charge in [-0.1, -0.05) is 23.5 Å². The summed E-state index contributed by atoms with van der Waals surface area (Å²) in [7, 11) is 0. The molecule has 0 unspecified atom stereocenters. The quantitative estimate of drug-likeness (QED) is 0.538. The summed E-state index contributed by atoms with van der Waals surface area (Å²) < 4.78 is 16.3. The maximum Gasteiger partial charge on any atom is 0.279 e. The fourth-order valence-electron chi connectivity index (χ4n) is 2.37. The Bertz CT molecular complexity index is 1020. The van der Waals surface area contributed by atoms with E-state index in [9.17, 15) is 19.3 Å². The fourth-order valence-corrected chi connectivity index (χ4v) is 3.48. The lowest BCUT2D eigenvalue weighted by molar-refractivity contribution is -0.384. The fraction of sp³-hybridized carbons (Fsp3) is 0.125. The molecule has 0 aliphatic carbocycles. The molecule has 0 aliphatic rings. The van der Waals surface area contributed by atoms with Crippen LogP contribution >= 0.6 is 11.3 Å². The van der Waals surface area contributed by atoms with Gasteiger partial charge in [-0.15, -0.1) is 0 Å². The molecule has 0 radical (unpaired) electrons. The normalized spacial score (nSPS) is 11.8. The predicted octanol–water partition coefficient (Wildman–Crippen LogP) is 3.51. The zero-order chi connectivity index (χ0) is 17.3. The summed E-state index contributed by atoms with van der Waals surface area (Å²) in [6, 6.07) is 10.1. The van der Waals surface area contributed by atoms with Gasteiger partial charge in [0, 0.05) is 24.2 Å². The molecule has 24 heavy (non-hydrogen) atoms. The molecule has 0 fully saturated rings. The highest BCUT2D eigenvalue weighted by Crippen LogP contribution is 2.20. The highest BCUT2D eigenvalue weighted by Gasteiger charge is 2.13. The van der Waals surface area contributed by atoms with E-state index in [1.807, 2.05) is 6.92 Å². The Kier molecular flexibility index (Phi) is 4.22. The number of rotatable bonds is 3. The number of hydrogen-bond donors (Lipinski definition) is 0. The van der Waals surface area contributed by atoms with Gasteiger partial charge < -0.3 is 4.57 Å². The van der Waals surface area contributed by atoms with E-state index in [-0.39, 0.29) is 17.1 Å². The molecule has 1 heterocycles. The van der Waals surface area contributed by atoms with Crippen molar-refractivity contribution in [2.75, 3.05) is 0 Å². The van der Waals surface area contributed by atoms with E-state index in [0.29, 0.717) is 21.6 Å². The van der Waals surface area contributed by atoms with Gasteiger partial charge in [-0.3, -0.25) is 14.9 Å². The summed E-state index contributed by atoms with van der Waals surface area (Å²) in [5.41, 5.74) is 0.335. The first-order valence-electron chi connectivity index (χ1n) is 7.12. The van der Waals surface area contributed by atoms with Gasteiger partial charge in [0.25, 0.3) is 11.6 Å². The summed E-state index contributed by atoms with van der Waals surface area (Å²) in [6.45, 7) is 2.28. The average molecular weight is 345 g/mol. The first-order valence-corrected chi connectivity index (χ1v) is 7.94. The number of benzene rings is 2. The smallest absolute Gasteiger partial charge is 0.279 e. The largest absolute Gasteiger partial charge is 0.314 e. The minimum absolute atomic E-state index is 0.116. The third kappa shape index (κ3) is 2.83. The average Bonchev–Trinajstić information content (AvgIpc) is 2.93. The summed E-state index contributed by atoms with van der Waals surface area (Å²) in [6.07, 6.45) is 0. The van der Waals surface area contributed by atoms with Crippen LogP contribution in [0.1, 0.15) is 17.3 Å². The van der Waals surface area contributed by atoms with Crippen LogP contribution in [-0.2, 0) is 6.54 Å². The molecule has 0 atom stereocenters. The lowest BCUT2D eigenvalue weighted by Gasteiger charge is -2.01. The minimum Gasteiger partial charge on any atom is -0.314 e. The first-order chi connectivity index (χ1) is 11.5. The highest BCUT2D eigenvalue weighted by atomic mass is 32.1. The molecule has 0 aliphatic heterocycles. The van der Waals surface area contributed by atoms with Crippen LogP contribution < -0.4 is 4.80 Å². The molecule has 6 nitrogen and oxygen atoms in total. The SMILES string of the molecule is CCn1c(=NC(=O)c2cccc([N+](=O)[O-])c2)sc2cccc(F)c21. The molecule has 122 valence electrons. The van der Waals surface area contributed by atoms with Crippen molar-refractivity contribution in [1.82, 2.24) is 4.57 Å². The molecule has 1 amide bonds. The number of aryl methyl sites for hydroxylation is 1. The lowest BCUT2D eigenvalue weighted by atomic mass is 10.2. The van der Waals surface area contributed by atoms with Gasteiger partial charge in [-0.2, -0.15) is 4.99 Å². The summed E-state index contributed by atoms with van der Waals surface area (Å²) in [4.78, 5) is 27.0. The summed E-state index contributed by atoms with van der Waals surface area (Å²) in [5, 5.41) is 10.8. The van der Waals surface area contributed by atoms with Crippen molar-refractivity contribution in [3.63, 3.8) is 0 Å². The highest BCUT2D eigenvalue weighted by molar-refractivity contribution is 7.16. The second-order valence-corrected chi connectivity index (χ2v) is 5.95. The molecular weight excluding hydrogens is 333 g/mol. The summed E-state index contributed by atoms with van der Waals surface area (Å²) in [5.74, 6) is -0.984. The maximum absolute atomic E-state index is 14.0. The number of aromatic nitrogens is 1. The van der Waals surface area contributed by atoms with Gasteiger partial charge in [-0.25, -0.2) is 4.39 Å². The number of nitrogens with zero attached hydrogens (tertiary/aromatic N) is 3. The van der Waals surface area contributed by atoms with Crippen LogP contribution in [-0.4, -0.2) is 15.4 Å². The number of halogens is 1. The van der Waals surface area contributed by atoms with Crippen molar-refractivity contribution in [3.05, 3.63) is 68.8 Å². The Labute approximate surface area is 139 Å². The van der Waals surface area contributed by atoms with Crippen LogP contribution in [0.4, 0.5) is 10.1 Å². The number of carbonyl (C=O) groups excluding carboxylic acids is 1. The lowest BCUT2D eigenvalue weighted by Crippen LogP contribution is -2.16. The number of hydrogen-bond acceptors (Lipinski definition) is 4. The number of fused-ring (bicyclic) bond motifs is 1. The van der Waals surface area contributed by atoms with Crippen molar-refractivity contribution in [2.45, 2.75) is 13.5 Å². The predicted molar refractivity (Wildman–Crippen MR) is 88.4 cm³/mol. The van der Waals surface area contributed by atoms with Crippen molar-refractivity contribution < 1.29 is 14.1 Å². The topological polar surface area (TPSA) is 77.5 Å². The molecule has 0 spiro atoms. The number of carbonyl (C=O) groups is 1. The van der Waals surface area contributed by atoms with Crippen LogP contribution in [0.3, 0.4) is 0 Å². The van der Waals surface area contributed by atoms with E-state index in [2.05, 4.69) is 4.99 Å². The monoisotopic (exact) mass is 345 g/mol. The molecular formula is C16H12FN3O3S. The Balaban J connectivity index is 2.13. The number of thiazole rings is 1. The van der Waals surface area contributed by atoms with Gasteiger partial charge in [0.05, 0.1) is 15.1 Å². The van der Waals surface area contributed by atoms with Gasteiger partial charge in [-0.05, 0) is 25.1 Å². The van der Waals surface area contributed by atoms with Crippen LogP contribution in [0, 0.1) is 15.9 Å². The molecule has 0 saturated heterocycles. The van der Waals surface area contributed by atoms with E-state index >= 15 is 0 Å². The van der Waals surface area contributed by atoms with Crippen LogP contribution in [0.15, 0.2) is 47.5 Å². The Morgan fingerprint density at radius 3 is 2.79 bits per heavy atom. The van der Waals surface area contributed by atoms with Gasteiger partial charge >= 0.3 is 0 Å². The Morgan fingerprint density at radius 1 is 1.33 bits per heavy atom. The van der Waals surface area contributed by atoms with E-state index in [1.54, 1.807) is 16.7 Å². The van der Waals surface area contributed by atoms with E-state index in [1.165, 1.54) is 41.7 Å². The van der Waals surface area contributed by atoms with Crippen molar-refractivity contribution in [2.24, 2.45) is 4.99 Å². The maximum atomic E-state index is 14.0. The Morgan fingerprint density at radius 2 is 2.08 bits per heavy atom. The van der Waals surface area contributed by atoms with Crippen LogP contribution in [0.2, 0.25) is 0 Å². The standard InChI is InChI=1S/C16H12FN3O3S/c1-2-19-14-12(17)7-4-8-13(14)24-16(19)18-15(21)10-5-3-6-11(9-10)20(22)23/h3-9H,2H2,1H3. The molecule has 3 aromatic rings. The van der Waals surface area contributed by atoms with E-state index in [0.717, 1.165) is 0 Å². The van der Waals surface area contributed by atoms with Gasteiger partial charge in [0.2, 0.25) is 0 Å². The van der Waals surface area contributed by atoms with Gasteiger partial charge in [0.15, 0.2) is 4.80 Å². The van der Waals surface area contributed by atoms with Crippen molar-refractivity contribution >= 4 is 33.1 Å². The first kappa shape index (κ1) is 16.0.